The standard InChI is InChI=1S/C17H16F2N4/c18-14-7-6-12(15(19)9-14)5-4-11-2-1-3-13(8-11)17-16(10-20)21-23-22-17/h1-3,6-9,16-17,21-23H,4-5H2. The minimum Gasteiger partial charge on any atom is -0.234 e. The number of hydrogen-bond donors (Lipinski definition) is 3. The minimum absolute atomic E-state index is 0.150. The summed E-state index contributed by atoms with van der Waals surface area (Å²) in [6.07, 6.45) is 1.13. The van der Waals surface area contributed by atoms with Crippen LogP contribution in [-0.4, -0.2) is 6.04 Å². The second kappa shape index (κ2) is 6.84. The van der Waals surface area contributed by atoms with Crippen molar-refractivity contribution in [2.45, 2.75) is 24.9 Å². The van der Waals surface area contributed by atoms with E-state index in [0.717, 1.165) is 17.2 Å². The van der Waals surface area contributed by atoms with Crippen molar-refractivity contribution in [3.8, 4) is 6.07 Å². The third-order valence-corrected chi connectivity index (χ3v) is 3.94. The average molecular weight is 314 g/mol. The molecular weight excluding hydrogens is 298 g/mol. The lowest BCUT2D eigenvalue weighted by atomic mass is 9.97. The van der Waals surface area contributed by atoms with Gasteiger partial charge < -0.3 is 0 Å². The van der Waals surface area contributed by atoms with E-state index in [1.165, 1.54) is 12.1 Å². The lowest BCUT2D eigenvalue weighted by Gasteiger charge is -2.13. The van der Waals surface area contributed by atoms with Gasteiger partial charge in [0.2, 0.25) is 0 Å². The van der Waals surface area contributed by atoms with Gasteiger partial charge in [0.1, 0.15) is 17.7 Å². The van der Waals surface area contributed by atoms with Gasteiger partial charge in [-0.1, -0.05) is 30.3 Å². The van der Waals surface area contributed by atoms with E-state index < -0.39 is 11.6 Å². The van der Waals surface area contributed by atoms with Crippen LogP contribution in [0.4, 0.5) is 8.78 Å². The Morgan fingerprint density at radius 3 is 2.70 bits per heavy atom. The van der Waals surface area contributed by atoms with E-state index in [1.54, 1.807) is 0 Å². The summed E-state index contributed by atoms with van der Waals surface area (Å²) in [5.41, 5.74) is 11.1. The van der Waals surface area contributed by atoms with Crippen molar-refractivity contribution in [2.75, 3.05) is 0 Å². The van der Waals surface area contributed by atoms with Crippen molar-refractivity contribution in [2.24, 2.45) is 0 Å². The Balaban J connectivity index is 1.72. The van der Waals surface area contributed by atoms with Crippen LogP contribution in [0.2, 0.25) is 0 Å². The van der Waals surface area contributed by atoms with Gasteiger partial charge in [-0.2, -0.15) is 10.8 Å². The largest absolute Gasteiger partial charge is 0.234 e. The highest BCUT2D eigenvalue weighted by Crippen LogP contribution is 2.21. The maximum absolute atomic E-state index is 13.7. The number of hydrazine groups is 2. The summed E-state index contributed by atoms with van der Waals surface area (Å²) in [6, 6.07) is 13.1. The highest BCUT2D eigenvalue weighted by molar-refractivity contribution is 5.30. The van der Waals surface area contributed by atoms with Gasteiger partial charge in [0.15, 0.2) is 0 Å². The van der Waals surface area contributed by atoms with Crippen LogP contribution in [0.25, 0.3) is 0 Å². The molecule has 0 aromatic heterocycles. The van der Waals surface area contributed by atoms with Gasteiger partial charge >= 0.3 is 0 Å². The number of benzene rings is 2. The van der Waals surface area contributed by atoms with Gasteiger partial charge in [0.25, 0.3) is 0 Å². The molecule has 1 fully saturated rings. The number of hydrogen-bond acceptors (Lipinski definition) is 4. The first-order chi connectivity index (χ1) is 11.2. The van der Waals surface area contributed by atoms with E-state index in [9.17, 15) is 8.78 Å². The van der Waals surface area contributed by atoms with Gasteiger partial charge in [-0.15, -0.1) is 0 Å². The summed E-state index contributed by atoms with van der Waals surface area (Å²) in [6.45, 7) is 0. The van der Waals surface area contributed by atoms with Crippen molar-refractivity contribution in [3.63, 3.8) is 0 Å². The molecule has 118 valence electrons. The van der Waals surface area contributed by atoms with E-state index in [2.05, 4.69) is 22.5 Å². The molecule has 3 N–H and O–H groups in total. The molecule has 2 unspecified atom stereocenters. The number of nitriles is 1. The van der Waals surface area contributed by atoms with Crippen LogP contribution >= 0.6 is 0 Å². The van der Waals surface area contributed by atoms with E-state index >= 15 is 0 Å². The molecule has 23 heavy (non-hydrogen) atoms. The average Bonchev–Trinajstić information content (AvgIpc) is 3.03. The van der Waals surface area contributed by atoms with Crippen LogP contribution in [0.15, 0.2) is 42.5 Å². The van der Waals surface area contributed by atoms with Crippen molar-refractivity contribution >= 4 is 0 Å². The topological polar surface area (TPSA) is 59.9 Å². The second-order valence-corrected chi connectivity index (χ2v) is 5.48. The van der Waals surface area contributed by atoms with Crippen LogP contribution in [0.5, 0.6) is 0 Å². The van der Waals surface area contributed by atoms with Gasteiger partial charge in [0, 0.05) is 6.07 Å². The number of rotatable bonds is 4. The summed E-state index contributed by atoms with van der Waals surface area (Å²) in [5.74, 6) is -1.08. The van der Waals surface area contributed by atoms with Gasteiger partial charge in [0.05, 0.1) is 12.1 Å². The maximum atomic E-state index is 13.7. The molecule has 2 aromatic carbocycles. The van der Waals surface area contributed by atoms with Crippen molar-refractivity contribution < 1.29 is 8.78 Å². The van der Waals surface area contributed by atoms with E-state index in [1.807, 2.05) is 24.3 Å². The van der Waals surface area contributed by atoms with Gasteiger partial charge in [-0.25, -0.2) is 19.6 Å². The summed E-state index contributed by atoms with van der Waals surface area (Å²) in [5, 5.41) is 9.11. The van der Waals surface area contributed by atoms with Crippen LogP contribution in [0.1, 0.15) is 22.7 Å². The molecule has 2 atom stereocenters. The monoisotopic (exact) mass is 314 g/mol. The SMILES string of the molecule is N#CC1NNNC1c1cccc(CCc2ccc(F)cc2F)c1. The molecular formula is C17H16F2N4. The first kappa shape index (κ1) is 15.6. The van der Waals surface area contributed by atoms with Gasteiger partial charge in [-0.05, 0) is 35.6 Å². The smallest absolute Gasteiger partial charge is 0.130 e. The summed E-state index contributed by atoms with van der Waals surface area (Å²) in [4.78, 5) is 0. The van der Waals surface area contributed by atoms with Crippen LogP contribution in [-0.2, 0) is 12.8 Å². The Morgan fingerprint density at radius 2 is 1.91 bits per heavy atom. The third kappa shape index (κ3) is 3.54. The lowest BCUT2D eigenvalue weighted by Crippen LogP contribution is -2.32. The molecule has 0 bridgehead atoms. The molecule has 2 aromatic rings. The fourth-order valence-corrected chi connectivity index (χ4v) is 2.69. The Hall–Kier alpha value is -2.33. The van der Waals surface area contributed by atoms with Gasteiger partial charge in [-0.3, -0.25) is 0 Å². The summed E-state index contributed by atoms with van der Waals surface area (Å²) >= 11 is 0. The highest BCUT2D eigenvalue weighted by Gasteiger charge is 2.27. The Bertz CT molecular complexity index is 742. The molecule has 1 saturated heterocycles. The molecule has 0 saturated carbocycles. The summed E-state index contributed by atoms with van der Waals surface area (Å²) in [7, 11) is 0. The fourth-order valence-electron chi connectivity index (χ4n) is 2.69. The van der Waals surface area contributed by atoms with Crippen molar-refractivity contribution in [1.82, 2.24) is 16.4 Å². The molecule has 1 aliphatic heterocycles. The zero-order valence-electron chi connectivity index (χ0n) is 12.3. The molecule has 4 nitrogen and oxygen atoms in total. The Kier molecular flexibility index (Phi) is 4.63. The molecule has 1 heterocycles. The Morgan fingerprint density at radius 1 is 1.04 bits per heavy atom. The van der Waals surface area contributed by atoms with Crippen molar-refractivity contribution in [1.29, 1.82) is 5.26 Å². The number of nitrogens with zero attached hydrogens (tertiary/aromatic N) is 1. The van der Waals surface area contributed by atoms with Crippen LogP contribution < -0.4 is 16.4 Å². The first-order valence-electron chi connectivity index (χ1n) is 7.36. The molecule has 0 radical (unpaired) electrons. The van der Waals surface area contributed by atoms with E-state index in [0.29, 0.717) is 18.4 Å². The van der Waals surface area contributed by atoms with Crippen molar-refractivity contribution in [3.05, 3.63) is 70.8 Å². The molecule has 0 aliphatic carbocycles. The normalized spacial score (nSPS) is 20.4. The number of aryl methyl sites for hydroxylation is 2. The molecule has 6 heteroatoms. The predicted molar refractivity (Wildman–Crippen MR) is 81.8 cm³/mol. The predicted octanol–water partition coefficient (Wildman–Crippen LogP) is 2.30. The quantitative estimate of drug-likeness (QED) is 0.810. The van der Waals surface area contributed by atoms with E-state index in [-0.39, 0.29) is 12.1 Å². The fraction of sp³-hybridized carbons (Fsp3) is 0.235. The molecule has 3 rings (SSSR count). The number of halogens is 2. The first-order valence-corrected chi connectivity index (χ1v) is 7.36. The zero-order valence-corrected chi connectivity index (χ0v) is 12.3. The molecule has 0 spiro atoms. The van der Waals surface area contributed by atoms with E-state index in [4.69, 9.17) is 5.26 Å². The highest BCUT2D eigenvalue weighted by atomic mass is 19.1. The lowest BCUT2D eigenvalue weighted by molar-refractivity contribution is 0.555. The molecule has 0 amide bonds. The maximum Gasteiger partial charge on any atom is 0.130 e. The minimum atomic E-state index is -0.567. The second-order valence-electron chi connectivity index (χ2n) is 5.48. The van der Waals surface area contributed by atoms with Crippen LogP contribution in [0.3, 0.4) is 0 Å². The third-order valence-electron chi connectivity index (χ3n) is 3.94. The Labute approximate surface area is 133 Å². The summed E-state index contributed by atoms with van der Waals surface area (Å²) < 4.78 is 26.6. The number of nitrogens with one attached hydrogen (secondary N) is 3. The molecule has 1 aliphatic rings. The van der Waals surface area contributed by atoms with Crippen LogP contribution in [0, 0.1) is 23.0 Å². The zero-order chi connectivity index (χ0) is 16.2.